The Morgan fingerprint density at radius 1 is 1.17 bits per heavy atom. The number of halogens is 3. The highest BCUT2D eigenvalue weighted by atomic mass is 19.4. The largest absolute Gasteiger partial charge is 0.510 e. The molecule has 0 saturated carbocycles. The Morgan fingerprint density at radius 2 is 1.72 bits per heavy atom. The first-order valence-corrected chi connectivity index (χ1v) is 5.30. The Morgan fingerprint density at radius 3 is 2.17 bits per heavy atom. The van der Waals surface area contributed by atoms with E-state index in [9.17, 15) is 12.9 Å². The molecule has 0 radical (unpaired) electrons. The van der Waals surface area contributed by atoms with Gasteiger partial charge in [0.05, 0.1) is 6.54 Å². The lowest BCUT2D eigenvalue weighted by molar-refractivity contribution is 0.500. The number of nitrogen functional groups attached to an aromatic ring is 1. The highest BCUT2D eigenvalue weighted by Gasteiger charge is 2.31. The number of benzene rings is 1. The highest BCUT2D eigenvalue weighted by molar-refractivity contribution is 6.74. The summed E-state index contributed by atoms with van der Waals surface area (Å²) in [4.78, 5) is 2.57. The van der Waals surface area contributed by atoms with E-state index < -0.39 is 12.4 Å². The van der Waals surface area contributed by atoms with Gasteiger partial charge in [-0.25, -0.2) is 0 Å². The number of azide groups is 1. The summed E-state index contributed by atoms with van der Waals surface area (Å²) in [7, 11) is 0. The van der Waals surface area contributed by atoms with Gasteiger partial charge in [0.1, 0.15) is 0 Å². The minimum atomic E-state index is -5.14. The van der Waals surface area contributed by atoms with Gasteiger partial charge in [0, 0.05) is 10.6 Å². The van der Waals surface area contributed by atoms with Gasteiger partial charge in [-0.2, -0.15) is 0 Å². The van der Waals surface area contributed by atoms with Gasteiger partial charge in [0.2, 0.25) is 0 Å². The Kier molecular flexibility index (Phi) is 3.81. The third-order valence-corrected chi connectivity index (χ3v) is 3.14. The fraction of sp³-hybridized carbons (Fsp3) is 0.400. The van der Waals surface area contributed by atoms with Crippen LogP contribution in [0.1, 0.15) is 22.3 Å². The van der Waals surface area contributed by atoms with Crippen LogP contribution in [0, 0.1) is 20.8 Å². The first-order valence-electron chi connectivity index (χ1n) is 5.30. The van der Waals surface area contributed by atoms with E-state index in [2.05, 4.69) is 10.0 Å². The van der Waals surface area contributed by atoms with Crippen LogP contribution < -0.4 is 11.2 Å². The molecule has 0 heterocycles. The molecule has 4 nitrogen and oxygen atoms in total. The Balaban J connectivity index is 3.64. The van der Waals surface area contributed by atoms with Crippen molar-refractivity contribution in [2.45, 2.75) is 27.3 Å². The van der Waals surface area contributed by atoms with Crippen molar-refractivity contribution in [2.75, 3.05) is 5.73 Å². The SMILES string of the molecule is Cc1c(N)c(C)c([B-](F)(F)F)c(C)c1CN=[N+]=[N-]. The predicted molar refractivity (Wildman–Crippen MR) is 66.6 cm³/mol. The van der Waals surface area contributed by atoms with Gasteiger partial charge in [0.15, 0.2) is 0 Å². The zero-order chi connectivity index (χ0) is 14.1. The van der Waals surface area contributed by atoms with Crippen LogP contribution in [-0.4, -0.2) is 6.98 Å². The molecule has 98 valence electrons. The van der Waals surface area contributed by atoms with E-state index in [1.54, 1.807) is 6.92 Å². The zero-order valence-electron chi connectivity index (χ0n) is 10.3. The van der Waals surface area contributed by atoms with Crippen molar-refractivity contribution in [2.24, 2.45) is 5.11 Å². The van der Waals surface area contributed by atoms with Crippen molar-refractivity contribution in [3.05, 3.63) is 32.7 Å². The van der Waals surface area contributed by atoms with Gasteiger partial charge >= 0.3 is 6.98 Å². The summed E-state index contributed by atoms with van der Waals surface area (Å²) < 4.78 is 39.1. The lowest BCUT2D eigenvalue weighted by atomic mass is 9.71. The third kappa shape index (κ3) is 2.38. The second-order valence-electron chi connectivity index (χ2n) is 4.14. The molecule has 1 aromatic rings. The monoisotopic (exact) mass is 257 g/mol. The standard InChI is InChI=1S/C10H13BF3N4/c1-5-8(4-17-18-16)6(2)10(15)7(3)9(5)11(12,13)14/h4,15H2,1-3H3/q-1. The van der Waals surface area contributed by atoms with Crippen LogP contribution in [0.25, 0.3) is 10.4 Å². The van der Waals surface area contributed by atoms with Crippen LogP contribution in [0.3, 0.4) is 0 Å². The Bertz CT molecular complexity index is 533. The van der Waals surface area contributed by atoms with Crippen LogP contribution in [0.5, 0.6) is 0 Å². The lowest BCUT2D eigenvalue weighted by Gasteiger charge is -2.26. The van der Waals surface area contributed by atoms with Crippen LogP contribution in [-0.2, 0) is 6.54 Å². The fourth-order valence-electron chi connectivity index (χ4n) is 2.14. The van der Waals surface area contributed by atoms with Crippen LogP contribution in [0.4, 0.5) is 18.6 Å². The van der Waals surface area contributed by atoms with E-state index >= 15 is 0 Å². The van der Waals surface area contributed by atoms with Gasteiger partial charge in [-0.3, -0.25) is 0 Å². The van der Waals surface area contributed by atoms with E-state index in [1.165, 1.54) is 13.8 Å². The fourth-order valence-corrected chi connectivity index (χ4v) is 2.14. The average Bonchev–Trinajstić information content (AvgIpc) is 2.24. The molecule has 0 atom stereocenters. The molecule has 1 rings (SSSR count). The summed E-state index contributed by atoms with van der Waals surface area (Å²) in [6.07, 6.45) is 0. The molecule has 0 spiro atoms. The quantitative estimate of drug-likeness (QED) is 0.292. The van der Waals surface area contributed by atoms with E-state index in [4.69, 9.17) is 11.3 Å². The maximum absolute atomic E-state index is 13.0. The maximum atomic E-state index is 13.0. The Labute approximate surface area is 103 Å². The summed E-state index contributed by atoms with van der Waals surface area (Å²) >= 11 is 0. The lowest BCUT2D eigenvalue weighted by Crippen LogP contribution is -2.39. The maximum Gasteiger partial charge on any atom is 0.510 e. The summed E-state index contributed by atoms with van der Waals surface area (Å²) in [6, 6.07) is 0. The number of hydrogen-bond donors (Lipinski definition) is 1. The molecule has 1 aromatic carbocycles. The topological polar surface area (TPSA) is 74.8 Å². The molecule has 0 aromatic heterocycles. The van der Waals surface area contributed by atoms with E-state index in [0.29, 0.717) is 11.1 Å². The van der Waals surface area contributed by atoms with Gasteiger partial charge in [-0.15, -0.1) is 5.46 Å². The summed E-state index contributed by atoms with van der Waals surface area (Å²) in [5, 5.41) is 3.32. The Hall–Kier alpha value is -1.82. The van der Waals surface area contributed by atoms with Crippen molar-refractivity contribution in [3.63, 3.8) is 0 Å². The van der Waals surface area contributed by atoms with Crippen molar-refractivity contribution in [1.82, 2.24) is 0 Å². The molecule has 0 amide bonds. The third-order valence-electron chi connectivity index (χ3n) is 3.14. The number of nitrogens with two attached hydrogens (primary N) is 1. The van der Waals surface area contributed by atoms with Gasteiger partial charge in [0.25, 0.3) is 0 Å². The minimum absolute atomic E-state index is 0.0437. The molecule has 0 bridgehead atoms. The van der Waals surface area contributed by atoms with Crippen molar-refractivity contribution in [3.8, 4) is 0 Å². The molecule has 0 aliphatic carbocycles. The van der Waals surface area contributed by atoms with Crippen molar-refractivity contribution < 1.29 is 12.9 Å². The molecule has 18 heavy (non-hydrogen) atoms. The average molecular weight is 257 g/mol. The highest BCUT2D eigenvalue weighted by Crippen LogP contribution is 2.27. The first-order chi connectivity index (χ1) is 8.21. The van der Waals surface area contributed by atoms with Crippen LogP contribution in [0.2, 0.25) is 0 Å². The number of nitrogens with zero attached hydrogens (tertiary/aromatic N) is 3. The van der Waals surface area contributed by atoms with Crippen molar-refractivity contribution >= 4 is 18.1 Å². The molecular weight excluding hydrogens is 244 g/mol. The number of anilines is 1. The van der Waals surface area contributed by atoms with E-state index in [1.807, 2.05) is 0 Å². The van der Waals surface area contributed by atoms with Crippen LogP contribution >= 0.6 is 0 Å². The molecule has 0 aliphatic heterocycles. The second-order valence-corrected chi connectivity index (χ2v) is 4.14. The molecule has 2 N–H and O–H groups in total. The van der Waals surface area contributed by atoms with Gasteiger partial charge in [-0.1, -0.05) is 16.2 Å². The second kappa shape index (κ2) is 4.82. The number of hydrogen-bond acceptors (Lipinski definition) is 2. The number of rotatable bonds is 3. The molecule has 0 unspecified atom stereocenters. The van der Waals surface area contributed by atoms with Crippen molar-refractivity contribution in [1.29, 1.82) is 0 Å². The van der Waals surface area contributed by atoms with Gasteiger partial charge in [-0.05, 0) is 37.4 Å². The molecule has 0 saturated heterocycles. The van der Waals surface area contributed by atoms with E-state index in [0.717, 1.165) is 0 Å². The van der Waals surface area contributed by atoms with E-state index in [-0.39, 0.29) is 23.4 Å². The molecular formula is C10H13BF3N4-. The minimum Gasteiger partial charge on any atom is -0.445 e. The summed E-state index contributed by atoms with van der Waals surface area (Å²) in [6.45, 7) is -0.900. The normalized spacial score (nSPS) is 11.2. The smallest absolute Gasteiger partial charge is 0.445 e. The van der Waals surface area contributed by atoms with Gasteiger partial charge < -0.3 is 18.7 Å². The predicted octanol–water partition coefficient (Wildman–Crippen LogP) is 3.06. The molecule has 8 heteroatoms. The zero-order valence-corrected chi connectivity index (χ0v) is 10.3. The summed E-state index contributed by atoms with van der Waals surface area (Å²) in [5.41, 5.74) is 14.4. The molecule has 0 fully saturated rings. The van der Waals surface area contributed by atoms with Crippen LogP contribution in [0.15, 0.2) is 5.11 Å². The summed E-state index contributed by atoms with van der Waals surface area (Å²) in [5.74, 6) is 0. The molecule has 0 aliphatic rings. The first kappa shape index (κ1) is 14.2.